The molecule has 0 bridgehead atoms. The van der Waals surface area contributed by atoms with Gasteiger partial charge in [0, 0.05) is 32.7 Å². The summed E-state index contributed by atoms with van der Waals surface area (Å²) in [6, 6.07) is 16.4. The molecule has 116 valence electrons. The van der Waals surface area contributed by atoms with E-state index in [0.29, 0.717) is 6.54 Å². The first-order chi connectivity index (χ1) is 10.6. The lowest BCUT2D eigenvalue weighted by atomic mass is 10.0. The highest BCUT2D eigenvalue weighted by Gasteiger charge is 2.03. The molecule has 0 saturated heterocycles. The SMILES string of the molecule is COc1cccc(-c2ccc(N(C)CCNC(C)=O)cc2)c1. The fourth-order valence-electron chi connectivity index (χ4n) is 2.24. The molecule has 0 fully saturated rings. The number of anilines is 1. The number of ether oxygens (including phenoxy) is 1. The lowest BCUT2D eigenvalue weighted by Gasteiger charge is -2.19. The van der Waals surface area contributed by atoms with Crippen molar-refractivity contribution in [2.45, 2.75) is 6.92 Å². The predicted octanol–water partition coefficient (Wildman–Crippen LogP) is 2.93. The molecule has 0 atom stereocenters. The fourth-order valence-corrected chi connectivity index (χ4v) is 2.24. The van der Waals surface area contributed by atoms with Gasteiger partial charge in [0.2, 0.25) is 5.91 Å². The second-order valence-corrected chi connectivity index (χ2v) is 5.18. The first-order valence-corrected chi connectivity index (χ1v) is 7.30. The summed E-state index contributed by atoms with van der Waals surface area (Å²) in [6.45, 7) is 2.95. The first-order valence-electron chi connectivity index (χ1n) is 7.30. The van der Waals surface area contributed by atoms with Crippen molar-refractivity contribution < 1.29 is 9.53 Å². The van der Waals surface area contributed by atoms with Gasteiger partial charge in [-0.05, 0) is 35.4 Å². The maximum absolute atomic E-state index is 10.9. The first kappa shape index (κ1) is 15.9. The molecule has 0 aliphatic carbocycles. The zero-order chi connectivity index (χ0) is 15.9. The Bertz CT molecular complexity index is 623. The third-order valence-corrected chi connectivity index (χ3v) is 3.53. The highest BCUT2D eigenvalue weighted by atomic mass is 16.5. The topological polar surface area (TPSA) is 41.6 Å². The third-order valence-electron chi connectivity index (χ3n) is 3.53. The van der Waals surface area contributed by atoms with E-state index in [2.05, 4.69) is 40.5 Å². The normalized spacial score (nSPS) is 10.1. The standard InChI is InChI=1S/C18H22N2O2/c1-14(21)19-11-12-20(2)17-9-7-15(8-10-17)16-5-4-6-18(13-16)22-3/h4-10,13H,11-12H2,1-3H3,(H,19,21). The van der Waals surface area contributed by atoms with Crippen LogP contribution in [0.1, 0.15) is 6.92 Å². The average molecular weight is 298 g/mol. The summed E-state index contributed by atoms with van der Waals surface area (Å²) in [7, 11) is 3.69. The van der Waals surface area contributed by atoms with Crippen molar-refractivity contribution in [3.05, 3.63) is 48.5 Å². The number of carbonyl (C=O) groups excluding carboxylic acids is 1. The molecule has 0 spiro atoms. The molecule has 0 saturated carbocycles. The van der Waals surface area contributed by atoms with Crippen LogP contribution >= 0.6 is 0 Å². The number of nitrogens with zero attached hydrogens (tertiary/aromatic N) is 1. The van der Waals surface area contributed by atoms with E-state index in [0.717, 1.165) is 29.1 Å². The summed E-state index contributed by atoms with van der Waals surface area (Å²) in [5.41, 5.74) is 3.40. The number of hydrogen-bond donors (Lipinski definition) is 1. The lowest BCUT2D eigenvalue weighted by molar-refractivity contribution is -0.118. The molecule has 4 nitrogen and oxygen atoms in total. The summed E-state index contributed by atoms with van der Waals surface area (Å²) in [4.78, 5) is 13.0. The van der Waals surface area contributed by atoms with E-state index in [-0.39, 0.29) is 5.91 Å². The highest BCUT2D eigenvalue weighted by Crippen LogP contribution is 2.25. The van der Waals surface area contributed by atoms with Gasteiger partial charge in [-0.2, -0.15) is 0 Å². The van der Waals surface area contributed by atoms with E-state index in [1.54, 1.807) is 7.11 Å². The third kappa shape index (κ3) is 4.25. The van der Waals surface area contributed by atoms with E-state index in [4.69, 9.17) is 4.74 Å². The summed E-state index contributed by atoms with van der Waals surface area (Å²) in [5.74, 6) is 0.857. The van der Waals surface area contributed by atoms with E-state index in [1.807, 2.05) is 25.2 Å². The minimum absolute atomic E-state index is 0.00164. The van der Waals surface area contributed by atoms with Gasteiger partial charge in [0.15, 0.2) is 0 Å². The number of benzene rings is 2. The van der Waals surface area contributed by atoms with Crippen LogP contribution in [0.3, 0.4) is 0 Å². The highest BCUT2D eigenvalue weighted by molar-refractivity contribution is 5.72. The molecule has 22 heavy (non-hydrogen) atoms. The Balaban J connectivity index is 2.04. The van der Waals surface area contributed by atoms with Crippen LogP contribution in [0, 0.1) is 0 Å². The number of rotatable bonds is 6. The Morgan fingerprint density at radius 1 is 1.14 bits per heavy atom. The Morgan fingerprint density at radius 3 is 2.50 bits per heavy atom. The van der Waals surface area contributed by atoms with Gasteiger partial charge in [-0.15, -0.1) is 0 Å². The quantitative estimate of drug-likeness (QED) is 0.891. The minimum atomic E-state index is 0.00164. The largest absolute Gasteiger partial charge is 0.497 e. The van der Waals surface area contributed by atoms with Gasteiger partial charge in [0.25, 0.3) is 0 Å². The van der Waals surface area contributed by atoms with E-state index < -0.39 is 0 Å². The Morgan fingerprint density at radius 2 is 1.86 bits per heavy atom. The number of nitrogens with one attached hydrogen (secondary N) is 1. The molecule has 0 radical (unpaired) electrons. The van der Waals surface area contributed by atoms with Crippen LogP contribution in [-0.4, -0.2) is 33.2 Å². The summed E-state index contributed by atoms with van der Waals surface area (Å²) >= 11 is 0. The van der Waals surface area contributed by atoms with Crippen molar-refractivity contribution in [1.29, 1.82) is 0 Å². The fraction of sp³-hybridized carbons (Fsp3) is 0.278. The Labute approximate surface area is 131 Å². The molecular formula is C18H22N2O2. The van der Waals surface area contributed by atoms with Crippen molar-refractivity contribution in [3.63, 3.8) is 0 Å². The molecule has 2 aromatic rings. The van der Waals surface area contributed by atoms with Gasteiger partial charge >= 0.3 is 0 Å². The molecule has 0 aromatic heterocycles. The van der Waals surface area contributed by atoms with Crippen LogP contribution in [0.2, 0.25) is 0 Å². The summed E-state index contributed by atoms with van der Waals surface area (Å²) in [6.07, 6.45) is 0. The summed E-state index contributed by atoms with van der Waals surface area (Å²) in [5, 5.41) is 2.80. The molecule has 1 N–H and O–H groups in total. The predicted molar refractivity (Wildman–Crippen MR) is 90.4 cm³/mol. The maximum Gasteiger partial charge on any atom is 0.216 e. The van der Waals surface area contributed by atoms with Crippen LogP contribution in [0.25, 0.3) is 11.1 Å². The van der Waals surface area contributed by atoms with Crippen molar-refractivity contribution in [2.24, 2.45) is 0 Å². The van der Waals surface area contributed by atoms with Gasteiger partial charge in [-0.1, -0.05) is 24.3 Å². The minimum Gasteiger partial charge on any atom is -0.497 e. The van der Waals surface area contributed by atoms with Gasteiger partial charge in [0.1, 0.15) is 5.75 Å². The smallest absolute Gasteiger partial charge is 0.216 e. The molecule has 2 aromatic carbocycles. The Kier molecular flexibility index (Phi) is 5.42. The number of hydrogen-bond acceptors (Lipinski definition) is 3. The molecule has 0 aliphatic heterocycles. The van der Waals surface area contributed by atoms with Gasteiger partial charge in [-0.3, -0.25) is 4.79 Å². The Hall–Kier alpha value is -2.49. The number of likely N-dealkylation sites (N-methyl/N-ethyl adjacent to an activating group) is 1. The van der Waals surface area contributed by atoms with Crippen LogP contribution < -0.4 is 15.0 Å². The van der Waals surface area contributed by atoms with Crippen LogP contribution in [0.15, 0.2) is 48.5 Å². The molecule has 1 amide bonds. The number of methoxy groups -OCH3 is 1. The average Bonchev–Trinajstić information content (AvgIpc) is 2.54. The van der Waals surface area contributed by atoms with E-state index >= 15 is 0 Å². The molecule has 0 heterocycles. The zero-order valence-corrected chi connectivity index (χ0v) is 13.3. The van der Waals surface area contributed by atoms with Gasteiger partial charge < -0.3 is 15.0 Å². The van der Waals surface area contributed by atoms with Crippen molar-refractivity contribution in [1.82, 2.24) is 5.32 Å². The number of carbonyl (C=O) groups is 1. The molecule has 0 aliphatic rings. The lowest BCUT2D eigenvalue weighted by Crippen LogP contribution is -2.31. The van der Waals surface area contributed by atoms with Crippen LogP contribution in [0.5, 0.6) is 5.75 Å². The van der Waals surface area contributed by atoms with Crippen molar-refractivity contribution >= 4 is 11.6 Å². The molecular weight excluding hydrogens is 276 g/mol. The molecule has 4 heteroatoms. The van der Waals surface area contributed by atoms with Crippen LogP contribution in [0.4, 0.5) is 5.69 Å². The summed E-state index contributed by atoms with van der Waals surface area (Å²) < 4.78 is 5.26. The van der Waals surface area contributed by atoms with E-state index in [1.165, 1.54) is 6.92 Å². The molecule has 2 rings (SSSR count). The molecule has 0 unspecified atom stereocenters. The van der Waals surface area contributed by atoms with Crippen molar-refractivity contribution in [2.75, 3.05) is 32.1 Å². The van der Waals surface area contributed by atoms with Gasteiger partial charge in [-0.25, -0.2) is 0 Å². The maximum atomic E-state index is 10.9. The van der Waals surface area contributed by atoms with Gasteiger partial charge in [0.05, 0.1) is 7.11 Å². The van der Waals surface area contributed by atoms with E-state index in [9.17, 15) is 4.79 Å². The second kappa shape index (κ2) is 7.50. The van der Waals surface area contributed by atoms with Crippen molar-refractivity contribution in [3.8, 4) is 16.9 Å². The van der Waals surface area contributed by atoms with Crippen LogP contribution in [-0.2, 0) is 4.79 Å². The monoisotopic (exact) mass is 298 g/mol. The zero-order valence-electron chi connectivity index (χ0n) is 13.3. The number of amides is 1. The second-order valence-electron chi connectivity index (χ2n) is 5.18.